The molecule has 0 amide bonds. The van der Waals surface area contributed by atoms with Gasteiger partial charge in [-0.3, -0.25) is 0 Å². The molecule has 1 saturated heterocycles. The minimum Gasteiger partial charge on any atom is -0.485 e. The first-order valence-electron chi connectivity index (χ1n) is 13.0. The lowest BCUT2D eigenvalue weighted by Gasteiger charge is -2.37. The van der Waals surface area contributed by atoms with Crippen LogP contribution in [0.4, 0.5) is 26.3 Å². The number of alkyl halides is 4. The number of halogens is 6. The second kappa shape index (κ2) is 12.6. The Morgan fingerprint density at radius 1 is 0.947 bits per heavy atom. The van der Waals surface area contributed by atoms with Crippen LogP contribution in [0.15, 0.2) is 36.4 Å². The average molecular weight is 547 g/mol. The predicted molar refractivity (Wildman–Crippen MR) is 128 cm³/mol. The molecule has 0 spiro atoms. The van der Waals surface area contributed by atoms with Gasteiger partial charge in [0.1, 0.15) is 18.2 Å². The molecule has 2 aromatic carbocycles. The van der Waals surface area contributed by atoms with Crippen molar-refractivity contribution in [2.75, 3.05) is 19.8 Å². The second-order valence-electron chi connectivity index (χ2n) is 9.95. The summed E-state index contributed by atoms with van der Waals surface area (Å²) in [6, 6.07) is 5.95. The van der Waals surface area contributed by atoms with E-state index in [-0.39, 0.29) is 18.1 Å². The lowest BCUT2D eigenvalue weighted by molar-refractivity contribution is -0.229. The maximum absolute atomic E-state index is 14.8. The zero-order valence-electron chi connectivity index (χ0n) is 21.1. The molecule has 10 heteroatoms. The molecule has 210 valence electrons. The van der Waals surface area contributed by atoms with Gasteiger partial charge >= 0.3 is 6.11 Å². The Balaban J connectivity index is 1.34. The van der Waals surface area contributed by atoms with E-state index in [1.807, 2.05) is 0 Å². The maximum atomic E-state index is 14.8. The van der Waals surface area contributed by atoms with Crippen molar-refractivity contribution in [1.29, 1.82) is 0 Å². The standard InChI is InChI=1S/C28H32F6O4/c1-2-3-17-14-36-27(37-15-17)19-6-4-18(5-7-19)20-8-10-22(23(29)12-20)28(33,34)38-21-9-11-25(24(30)13-21)35-16-26(31)32/h8-13,17-19,26-27H,2-7,14-16H2,1H3. The van der Waals surface area contributed by atoms with Gasteiger partial charge < -0.3 is 18.9 Å². The fourth-order valence-electron chi connectivity index (χ4n) is 5.17. The molecule has 4 nitrogen and oxygen atoms in total. The number of benzene rings is 2. The molecule has 38 heavy (non-hydrogen) atoms. The van der Waals surface area contributed by atoms with Crippen LogP contribution in [0, 0.1) is 23.5 Å². The van der Waals surface area contributed by atoms with Crippen LogP contribution in [-0.4, -0.2) is 32.5 Å². The van der Waals surface area contributed by atoms with Crippen molar-refractivity contribution in [1.82, 2.24) is 0 Å². The Morgan fingerprint density at radius 2 is 1.66 bits per heavy atom. The van der Waals surface area contributed by atoms with Crippen LogP contribution in [0.25, 0.3) is 0 Å². The second-order valence-corrected chi connectivity index (χ2v) is 9.95. The Hall–Kier alpha value is -2.46. The van der Waals surface area contributed by atoms with Gasteiger partial charge in [-0.15, -0.1) is 0 Å². The molecule has 4 rings (SSSR count). The third-order valence-electron chi connectivity index (χ3n) is 7.14. The van der Waals surface area contributed by atoms with Crippen LogP contribution in [0.5, 0.6) is 11.5 Å². The summed E-state index contributed by atoms with van der Waals surface area (Å²) in [5.41, 5.74) is -0.362. The highest BCUT2D eigenvalue weighted by molar-refractivity contribution is 5.35. The minimum absolute atomic E-state index is 0.0238. The topological polar surface area (TPSA) is 36.9 Å². The number of hydrogen-bond donors (Lipinski definition) is 0. The molecule has 1 aliphatic heterocycles. The van der Waals surface area contributed by atoms with Crippen molar-refractivity contribution in [2.45, 2.75) is 70.2 Å². The first-order valence-corrected chi connectivity index (χ1v) is 13.0. The monoisotopic (exact) mass is 546 g/mol. The normalized spacial score (nSPS) is 24.4. The molecule has 0 unspecified atom stereocenters. The quantitative estimate of drug-likeness (QED) is 0.285. The van der Waals surface area contributed by atoms with Crippen LogP contribution in [-0.2, 0) is 15.6 Å². The number of ether oxygens (including phenoxy) is 4. The van der Waals surface area contributed by atoms with Gasteiger partial charge in [0.25, 0.3) is 6.43 Å². The molecule has 0 radical (unpaired) electrons. The summed E-state index contributed by atoms with van der Waals surface area (Å²) in [5.74, 6) is -2.72. The van der Waals surface area contributed by atoms with Gasteiger partial charge in [-0.2, -0.15) is 8.78 Å². The summed E-state index contributed by atoms with van der Waals surface area (Å²) in [7, 11) is 0. The highest BCUT2D eigenvalue weighted by Gasteiger charge is 2.39. The van der Waals surface area contributed by atoms with E-state index >= 15 is 0 Å². The number of hydrogen-bond acceptors (Lipinski definition) is 4. The van der Waals surface area contributed by atoms with E-state index in [2.05, 4.69) is 16.4 Å². The van der Waals surface area contributed by atoms with Crippen molar-refractivity contribution < 1.29 is 45.3 Å². The van der Waals surface area contributed by atoms with Crippen LogP contribution in [0.3, 0.4) is 0 Å². The minimum atomic E-state index is -4.09. The molecule has 0 bridgehead atoms. The Labute approximate surface area is 218 Å². The Kier molecular flexibility index (Phi) is 9.46. The zero-order chi connectivity index (χ0) is 27.3. The van der Waals surface area contributed by atoms with Crippen LogP contribution >= 0.6 is 0 Å². The molecule has 1 aliphatic carbocycles. The van der Waals surface area contributed by atoms with Gasteiger partial charge in [0.05, 0.1) is 18.8 Å². The van der Waals surface area contributed by atoms with Gasteiger partial charge in [-0.25, -0.2) is 17.6 Å². The molecular weight excluding hydrogens is 514 g/mol. The molecule has 1 saturated carbocycles. The van der Waals surface area contributed by atoms with Crippen LogP contribution in [0.2, 0.25) is 0 Å². The summed E-state index contributed by atoms with van der Waals surface area (Å²) in [5, 5.41) is 0. The van der Waals surface area contributed by atoms with Gasteiger partial charge in [0.15, 0.2) is 17.9 Å². The third-order valence-corrected chi connectivity index (χ3v) is 7.14. The number of rotatable bonds is 10. The lowest BCUT2D eigenvalue weighted by atomic mass is 9.78. The Bertz CT molecular complexity index is 1050. The van der Waals surface area contributed by atoms with Crippen molar-refractivity contribution in [3.8, 4) is 11.5 Å². The third kappa shape index (κ3) is 7.14. The summed E-state index contributed by atoms with van der Waals surface area (Å²) in [4.78, 5) is 0. The van der Waals surface area contributed by atoms with E-state index < -0.39 is 47.8 Å². The first-order chi connectivity index (χ1) is 18.2. The van der Waals surface area contributed by atoms with E-state index in [1.54, 1.807) is 0 Å². The largest absolute Gasteiger partial charge is 0.485 e. The van der Waals surface area contributed by atoms with E-state index in [9.17, 15) is 26.3 Å². The van der Waals surface area contributed by atoms with Crippen LogP contribution in [0.1, 0.15) is 62.5 Å². The predicted octanol–water partition coefficient (Wildman–Crippen LogP) is 7.80. The highest BCUT2D eigenvalue weighted by Crippen LogP contribution is 2.41. The fourth-order valence-corrected chi connectivity index (χ4v) is 5.17. The maximum Gasteiger partial charge on any atom is 0.429 e. The molecule has 2 aromatic rings. The molecule has 0 atom stereocenters. The summed E-state index contributed by atoms with van der Waals surface area (Å²) >= 11 is 0. The first kappa shape index (κ1) is 28.5. The van der Waals surface area contributed by atoms with Crippen molar-refractivity contribution in [2.24, 2.45) is 11.8 Å². The van der Waals surface area contributed by atoms with Crippen molar-refractivity contribution >= 4 is 0 Å². The molecule has 2 aliphatic rings. The summed E-state index contributed by atoms with van der Waals surface area (Å²) < 4.78 is 104. The fraction of sp³-hybridized carbons (Fsp3) is 0.571. The molecule has 1 heterocycles. The van der Waals surface area contributed by atoms with Gasteiger partial charge in [0.2, 0.25) is 0 Å². The van der Waals surface area contributed by atoms with E-state index in [0.717, 1.165) is 62.8 Å². The van der Waals surface area contributed by atoms with Crippen molar-refractivity contribution in [3.63, 3.8) is 0 Å². The van der Waals surface area contributed by atoms with Gasteiger partial charge in [0, 0.05) is 17.9 Å². The molecular formula is C28H32F6O4. The van der Waals surface area contributed by atoms with E-state index in [4.69, 9.17) is 9.47 Å². The smallest absolute Gasteiger partial charge is 0.429 e. The van der Waals surface area contributed by atoms with Gasteiger partial charge in [-0.1, -0.05) is 19.4 Å². The molecule has 0 aromatic heterocycles. The van der Waals surface area contributed by atoms with Crippen molar-refractivity contribution in [3.05, 3.63) is 59.2 Å². The van der Waals surface area contributed by atoms with Gasteiger partial charge in [-0.05, 0) is 67.9 Å². The Morgan fingerprint density at radius 3 is 2.26 bits per heavy atom. The van der Waals surface area contributed by atoms with E-state index in [1.165, 1.54) is 6.07 Å². The zero-order valence-corrected chi connectivity index (χ0v) is 21.1. The SMILES string of the molecule is CCCC1COC(C2CCC(c3ccc(C(F)(F)Oc4ccc(OCC(F)F)c(F)c4)c(F)c3)CC2)OC1. The van der Waals surface area contributed by atoms with Crippen LogP contribution < -0.4 is 9.47 Å². The average Bonchev–Trinajstić information content (AvgIpc) is 2.88. The lowest BCUT2D eigenvalue weighted by Crippen LogP contribution is -2.38. The highest BCUT2D eigenvalue weighted by atomic mass is 19.3. The molecule has 0 N–H and O–H groups in total. The summed E-state index contributed by atoms with van der Waals surface area (Å²) in [6.07, 6.45) is -1.79. The molecule has 2 fully saturated rings. The van der Waals surface area contributed by atoms with E-state index in [0.29, 0.717) is 30.8 Å². The summed E-state index contributed by atoms with van der Waals surface area (Å²) in [6.45, 7) is 2.49.